The van der Waals surface area contributed by atoms with Crippen LogP contribution in [0.5, 0.6) is 5.75 Å². The number of Topliss-reactive ketones (excluding diaryl/α,β-unsaturated/α-hetero) is 1. The summed E-state index contributed by atoms with van der Waals surface area (Å²) in [5.41, 5.74) is 0.360. The van der Waals surface area contributed by atoms with E-state index in [1.165, 1.54) is 0 Å². The Labute approximate surface area is 155 Å². The lowest BCUT2D eigenvalue weighted by atomic mass is 10.0. The van der Waals surface area contributed by atoms with Gasteiger partial charge in [-0.2, -0.15) is 0 Å². The minimum atomic E-state index is -0.863. The number of ketones is 2. The molecule has 2 aromatic carbocycles. The number of unbranched alkanes of at least 4 members (excludes halogenated alkanes) is 1. The highest BCUT2D eigenvalue weighted by molar-refractivity contribution is 6.08. The van der Waals surface area contributed by atoms with Crippen molar-refractivity contribution in [2.75, 3.05) is 13.2 Å². The summed E-state index contributed by atoms with van der Waals surface area (Å²) in [7, 11) is 0. The fourth-order valence-electron chi connectivity index (χ4n) is 2.33. The molecule has 0 aliphatic heterocycles. The van der Waals surface area contributed by atoms with E-state index in [2.05, 4.69) is 6.92 Å². The molecule has 0 amide bonds. The zero-order chi connectivity index (χ0) is 19.0. The van der Waals surface area contributed by atoms with Crippen molar-refractivity contribution in [2.45, 2.75) is 39.2 Å². The van der Waals surface area contributed by atoms with Gasteiger partial charge in [-0.05, 0) is 44.5 Å². The molecule has 26 heavy (non-hydrogen) atoms. The van der Waals surface area contributed by atoms with Crippen molar-refractivity contribution < 1.29 is 19.1 Å². The van der Waals surface area contributed by atoms with Gasteiger partial charge in [-0.1, -0.05) is 43.7 Å². The van der Waals surface area contributed by atoms with Crippen LogP contribution in [0.15, 0.2) is 54.6 Å². The maximum Gasteiger partial charge on any atom is 0.201 e. The van der Waals surface area contributed by atoms with E-state index in [-0.39, 0.29) is 18.2 Å². The molecule has 0 heterocycles. The average molecular weight is 354 g/mol. The van der Waals surface area contributed by atoms with Crippen LogP contribution in [0.3, 0.4) is 0 Å². The van der Waals surface area contributed by atoms with Crippen molar-refractivity contribution in [2.24, 2.45) is 0 Å². The first-order chi connectivity index (χ1) is 12.4. The molecule has 0 N–H and O–H groups in total. The Morgan fingerprint density at radius 1 is 0.923 bits per heavy atom. The Kier molecular flexibility index (Phi) is 7.10. The van der Waals surface area contributed by atoms with Crippen molar-refractivity contribution in [3.05, 3.63) is 65.7 Å². The standard InChI is InChI=1S/C22H26O4/c1-4-5-15-26-22(2,3)20(23)16-25-19-13-11-18(12-14-19)21(24)17-9-7-6-8-10-17/h6-14H,4-5,15-16H2,1-3H3. The molecule has 0 radical (unpaired) electrons. The lowest BCUT2D eigenvalue weighted by Gasteiger charge is -2.23. The van der Waals surface area contributed by atoms with Gasteiger partial charge in [0.25, 0.3) is 0 Å². The summed E-state index contributed by atoms with van der Waals surface area (Å²) in [6, 6.07) is 15.9. The summed E-state index contributed by atoms with van der Waals surface area (Å²) in [6.07, 6.45) is 1.95. The normalized spacial score (nSPS) is 11.2. The summed E-state index contributed by atoms with van der Waals surface area (Å²) in [6.45, 7) is 6.09. The predicted octanol–water partition coefficient (Wildman–Crippen LogP) is 4.46. The predicted molar refractivity (Wildman–Crippen MR) is 102 cm³/mol. The Bertz CT molecular complexity index is 718. The molecular weight excluding hydrogens is 328 g/mol. The quantitative estimate of drug-likeness (QED) is 0.467. The summed E-state index contributed by atoms with van der Waals surface area (Å²) < 4.78 is 11.2. The number of hydrogen-bond acceptors (Lipinski definition) is 4. The van der Waals surface area contributed by atoms with Crippen LogP contribution in [0, 0.1) is 0 Å². The Hall–Kier alpha value is -2.46. The van der Waals surface area contributed by atoms with Crippen LogP contribution in [-0.2, 0) is 9.53 Å². The maximum absolute atomic E-state index is 12.4. The topological polar surface area (TPSA) is 52.6 Å². The number of hydrogen-bond donors (Lipinski definition) is 0. The molecule has 0 bridgehead atoms. The van der Waals surface area contributed by atoms with Gasteiger partial charge in [-0.25, -0.2) is 0 Å². The van der Waals surface area contributed by atoms with Crippen molar-refractivity contribution >= 4 is 11.6 Å². The molecule has 0 atom stereocenters. The first-order valence-corrected chi connectivity index (χ1v) is 8.94. The molecule has 0 unspecified atom stereocenters. The van der Waals surface area contributed by atoms with Crippen LogP contribution in [0.1, 0.15) is 49.5 Å². The second kappa shape index (κ2) is 9.30. The molecule has 2 aromatic rings. The van der Waals surface area contributed by atoms with E-state index in [1.807, 2.05) is 18.2 Å². The van der Waals surface area contributed by atoms with Gasteiger partial charge in [-0.3, -0.25) is 9.59 Å². The van der Waals surface area contributed by atoms with Gasteiger partial charge in [-0.15, -0.1) is 0 Å². The first-order valence-electron chi connectivity index (χ1n) is 8.94. The van der Waals surface area contributed by atoms with Crippen LogP contribution in [0.4, 0.5) is 0 Å². The van der Waals surface area contributed by atoms with E-state index in [4.69, 9.17) is 9.47 Å². The van der Waals surface area contributed by atoms with E-state index in [0.717, 1.165) is 12.8 Å². The lowest BCUT2D eigenvalue weighted by Crippen LogP contribution is -2.38. The second-order valence-corrected chi connectivity index (χ2v) is 6.64. The third-order valence-electron chi connectivity index (χ3n) is 4.15. The van der Waals surface area contributed by atoms with Gasteiger partial charge in [0, 0.05) is 17.7 Å². The summed E-state index contributed by atoms with van der Waals surface area (Å²) in [4.78, 5) is 24.7. The van der Waals surface area contributed by atoms with E-state index >= 15 is 0 Å². The van der Waals surface area contributed by atoms with Crippen molar-refractivity contribution in [1.82, 2.24) is 0 Å². The molecule has 4 nitrogen and oxygen atoms in total. The number of ether oxygens (including phenoxy) is 2. The Morgan fingerprint density at radius 2 is 1.54 bits per heavy atom. The first kappa shape index (κ1) is 19.9. The van der Waals surface area contributed by atoms with E-state index in [1.54, 1.807) is 50.2 Å². The second-order valence-electron chi connectivity index (χ2n) is 6.64. The Balaban J connectivity index is 1.91. The van der Waals surface area contributed by atoms with Crippen LogP contribution in [0.25, 0.3) is 0 Å². The fraction of sp³-hybridized carbons (Fsp3) is 0.364. The zero-order valence-corrected chi connectivity index (χ0v) is 15.7. The van der Waals surface area contributed by atoms with Gasteiger partial charge in [0.2, 0.25) is 5.78 Å². The van der Waals surface area contributed by atoms with Crippen molar-refractivity contribution in [3.63, 3.8) is 0 Å². The van der Waals surface area contributed by atoms with E-state index < -0.39 is 5.60 Å². The van der Waals surface area contributed by atoms with Gasteiger partial charge >= 0.3 is 0 Å². The number of carbonyl (C=O) groups excluding carboxylic acids is 2. The molecule has 2 rings (SSSR count). The minimum absolute atomic E-state index is 0.0429. The fourth-order valence-corrected chi connectivity index (χ4v) is 2.33. The zero-order valence-electron chi connectivity index (χ0n) is 15.7. The smallest absolute Gasteiger partial charge is 0.201 e. The number of benzene rings is 2. The van der Waals surface area contributed by atoms with E-state index in [9.17, 15) is 9.59 Å². The maximum atomic E-state index is 12.4. The summed E-state index contributed by atoms with van der Waals surface area (Å²) >= 11 is 0. The largest absolute Gasteiger partial charge is 0.486 e. The molecule has 0 aromatic heterocycles. The third kappa shape index (κ3) is 5.53. The molecule has 0 spiro atoms. The van der Waals surface area contributed by atoms with Crippen LogP contribution < -0.4 is 4.74 Å². The molecule has 4 heteroatoms. The SMILES string of the molecule is CCCCOC(C)(C)C(=O)COc1ccc(C(=O)c2ccccc2)cc1. The lowest BCUT2D eigenvalue weighted by molar-refractivity contribution is -0.142. The van der Waals surface area contributed by atoms with E-state index in [0.29, 0.717) is 23.5 Å². The summed E-state index contributed by atoms with van der Waals surface area (Å²) in [5, 5.41) is 0. The van der Waals surface area contributed by atoms with Crippen LogP contribution in [-0.4, -0.2) is 30.4 Å². The van der Waals surface area contributed by atoms with Gasteiger partial charge in [0.05, 0.1) is 0 Å². The number of rotatable bonds is 10. The van der Waals surface area contributed by atoms with Gasteiger partial charge < -0.3 is 9.47 Å². The van der Waals surface area contributed by atoms with Crippen LogP contribution >= 0.6 is 0 Å². The van der Waals surface area contributed by atoms with Crippen molar-refractivity contribution in [3.8, 4) is 5.75 Å². The van der Waals surface area contributed by atoms with Crippen LogP contribution in [0.2, 0.25) is 0 Å². The van der Waals surface area contributed by atoms with Gasteiger partial charge in [0.15, 0.2) is 5.78 Å². The highest BCUT2D eigenvalue weighted by atomic mass is 16.5. The molecule has 0 aliphatic carbocycles. The van der Waals surface area contributed by atoms with Gasteiger partial charge in [0.1, 0.15) is 18.0 Å². The highest BCUT2D eigenvalue weighted by Gasteiger charge is 2.28. The highest BCUT2D eigenvalue weighted by Crippen LogP contribution is 2.17. The minimum Gasteiger partial charge on any atom is -0.486 e. The molecule has 0 fully saturated rings. The third-order valence-corrected chi connectivity index (χ3v) is 4.15. The molecule has 0 saturated heterocycles. The Morgan fingerprint density at radius 3 is 2.15 bits per heavy atom. The van der Waals surface area contributed by atoms with Crippen molar-refractivity contribution in [1.29, 1.82) is 0 Å². The number of carbonyl (C=O) groups is 2. The molecule has 0 aliphatic rings. The molecule has 138 valence electrons. The average Bonchev–Trinajstić information content (AvgIpc) is 2.66. The monoisotopic (exact) mass is 354 g/mol. The molecular formula is C22H26O4. The molecule has 0 saturated carbocycles. The summed E-state index contributed by atoms with van der Waals surface area (Å²) in [5.74, 6) is 0.393.